The SMILES string of the molecule is CC1(C)c2cccc3c2-c2c1ccc1c4cc(-c5nc(-c6cccc(-c7ccc8ccccc8c7)c6)nc(-c6cccc7oc8ccccc8c67)n5)ccc4n(c21)-c1ccccc1-3. The molecule has 12 aromatic rings. The first kappa shape index (κ1) is 34.6. The third-order valence-electron chi connectivity index (χ3n) is 13.8. The Morgan fingerprint density at radius 1 is 0.429 bits per heavy atom. The van der Waals surface area contributed by atoms with Gasteiger partial charge in [0.1, 0.15) is 11.2 Å². The fourth-order valence-corrected chi connectivity index (χ4v) is 10.8. The van der Waals surface area contributed by atoms with Crippen LogP contribution in [0.15, 0.2) is 186 Å². The highest BCUT2D eigenvalue weighted by Gasteiger charge is 2.40. The minimum absolute atomic E-state index is 0.125. The standard InChI is InChI=1S/C58H36N4O/c1-58(2)45-20-10-18-40-39-16-5-7-21-47(39)62-48-29-26-38(32-44(48)41-27-28-46(58)53(52(40)45)54(41)62)56-59-55(37-15-9-14-35(31-37)36-25-24-33-12-3-4-13-34(33)30-36)60-57(61-56)43-19-11-23-50-51(43)42-17-6-8-22-49(42)63-50/h3-32H,1-2H3. The molecule has 1 aliphatic heterocycles. The predicted molar refractivity (Wildman–Crippen MR) is 257 cm³/mol. The summed E-state index contributed by atoms with van der Waals surface area (Å²) in [6.07, 6.45) is 0. The fraction of sp³-hybridized carbons (Fsp3) is 0.0517. The lowest BCUT2D eigenvalue weighted by Crippen LogP contribution is -2.15. The van der Waals surface area contributed by atoms with Gasteiger partial charge in [0.2, 0.25) is 0 Å². The van der Waals surface area contributed by atoms with Crippen LogP contribution in [0.2, 0.25) is 0 Å². The molecule has 4 heterocycles. The van der Waals surface area contributed by atoms with Crippen LogP contribution in [0.1, 0.15) is 25.0 Å². The summed E-state index contributed by atoms with van der Waals surface area (Å²) in [5.41, 5.74) is 18.1. The molecule has 1 aliphatic carbocycles. The minimum atomic E-state index is -0.125. The zero-order valence-corrected chi connectivity index (χ0v) is 34.5. The molecule has 14 rings (SSSR count). The van der Waals surface area contributed by atoms with Crippen LogP contribution in [-0.4, -0.2) is 19.5 Å². The Morgan fingerprint density at radius 3 is 2.02 bits per heavy atom. The van der Waals surface area contributed by atoms with Crippen molar-refractivity contribution in [3.05, 3.63) is 193 Å². The van der Waals surface area contributed by atoms with Crippen molar-refractivity contribution in [1.29, 1.82) is 0 Å². The van der Waals surface area contributed by atoms with E-state index < -0.39 is 0 Å². The quantitative estimate of drug-likeness (QED) is 0.178. The van der Waals surface area contributed by atoms with Crippen molar-refractivity contribution >= 4 is 54.5 Å². The van der Waals surface area contributed by atoms with Crippen LogP contribution in [0.4, 0.5) is 0 Å². The minimum Gasteiger partial charge on any atom is -0.456 e. The Labute approximate surface area is 362 Å². The molecule has 0 N–H and O–H groups in total. The largest absolute Gasteiger partial charge is 0.456 e. The maximum atomic E-state index is 6.36. The van der Waals surface area contributed by atoms with Crippen molar-refractivity contribution in [2.75, 3.05) is 0 Å². The zero-order chi connectivity index (χ0) is 41.6. The first-order valence-electron chi connectivity index (χ1n) is 21.6. The van der Waals surface area contributed by atoms with Crippen molar-refractivity contribution in [1.82, 2.24) is 19.5 Å². The Kier molecular flexibility index (Phi) is 6.84. The van der Waals surface area contributed by atoms with Crippen LogP contribution < -0.4 is 0 Å². The summed E-state index contributed by atoms with van der Waals surface area (Å²) in [6.45, 7) is 4.73. The van der Waals surface area contributed by atoms with E-state index in [-0.39, 0.29) is 5.41 Å². The Balaban J connectivity index is 1.02. The van der Waals surface area contributed by atoms with E-state index in [4.69, 9.17) is 19.4 Å². The van der Waals surface area contributed by atoms with E-state index in [1.54, 1.807) is 0 Å². The van der Waals surface area contributed by atoms with Crippen LogP contribution >= 0.6 is 0 Å². The maximum Gasteiger partial charge on any atom is 0.164 e. The van der Waals surface area contributed by atoms with Gasteiger partial charge in [-0.2, -0.15) is 0 Å². The first-order chi connectivity index (χ1) is 31.0. The molecule has 0 radical (unpaired) electrons. The van der Waals surface area contributed by atoms with Gasteiger partial charge in [0.15, 0.2) is 17.5 Å². The molecular weight excluding hydrogens is 769 g/mol. The molecule has 0 fully saturated rings. The van der Waals surface area contributed by atoms with E-state index in [0.29, 0.717) is 17.5 Å². The average molecular weight is 805 g/mol. The molecule has 0 spiro atoms. The Morgan fingerprint density at radius 2 is 1.10 bits per heavy atom. The molecular formula is C58H36N4O. The topological polar surface area (TPSA) is 56.7 Å². The average Bonchev–Trinajstić information content (AvgIpc) is 3.93. The molecule has 0 atom stereocenters. The molecule has 0 unspecified atom stereocenters. The molecule has 0 amide bonds. The third kappa shape index (κ3) is 4.79. The van der Waals surface area contributed by atoms with E-state index in [0.717, 1.165) is 60.7 Å². The molecule has 0 saturated heterocycles. The third-order valence-corrected chi connectivity index (χ3v) is 13.8. The van der Waals surface area contributed by atoms with Crippen molar-refractivity contribution < 1.29 is 4.42 Å². The van der Waals surface area contributed by atoms with Gasteiger partial charge in [-0.1, -0.05) is 147 Å². The van der Waals surface area contributed by atoms with Crippen molar-refractivity contribution in [2.24, 2.45) is 0 Å². The summed E-state index contributed by atoms with van der Waals surface area (Å²) >= 11 is 0. The number of hydrogen-bond donors (Lipinski definition) is 0. The van der Waals surface area contributed by atoms with Gasteiger partial charge in [0.05, 0.1) is 16.7 Å². The molecule has 9 aromatic carbocycles. The molecule has 5 nitrogen and oxygen atoms in total. The molecule has 2 aliphatic rings. The number of nitrogens with zero attached hydrogens (tertiary/aromatic N) is 4. The second kappa shape index (κ2) is 12.5. The van der Waals surface area contributed by atoms with Gasteiger partial charge in [0, 0.05) is 54.8 Å². The number of furan rings is 1. The number of para-hydroxylation sites is 2. The summed E-state index contributed by atoms with van der Waals surface area (Å²) in [5, 5.41) is 6.82. The number of fused-ring (bicyclic) bond motifs is 10. The molecule has 0 saturated carbocycles. The fourth-order valence-electron chi connectivity index (χ4n) is 10.8. The van der Waals surface area contributed by atoms with Gasteiger partial charge in [-0.25, -0.2) is 15.0 Å². The zero-order valence-electron chi connectivity index (χ0n) is 34.5. The van der Waals surface area contributed by atoms with E-state index in [1.165, 1.54) is 60.7 Å². The highest BCUT2D eigenvalue weighted by molar-refractivity contribution is 6.19. The molecule has 294 valence electrons. The maximum absolute atomic E-state index is 6.36. The van der Waals surface area contributed by atoms with Gasteiger partial charge < -0.3 is 8.98 Å². The normalized spacial score (nSPS) is 13.4. The Bertz CT molecular complexity index is 3960. The number of benzene rings is 9. The summed E-state index contributed by atoms with van der Waals surface area (Å²) < 4.78 is 8.86. The van der Waals surface area contributed by atoms with E-state index >= 15 is 0 Å². The van der Waals surface area contributed by atoms with Gasteiger partial charge >= 0.3 is 0 Å². The van der Waals surface area contributed by atoms with E-state index in [9.17, 15) is 0 Å². The molecule has 5 heteroatoms. The highest BCUT2D eigenvalue weighted by atomic mass is 16.3. The van der Waals surface area contributed by atoms with Gasteiger partial charge in [-0.3, -0.25) is 0 Å². The van der Waals surface area contributed by atoms with Crippen molar-refractivity contribution in [3.8, 4) is 73.2 Å². The van der Waals surface area contributed by atoms with Crippen LogP contribution in [0.5, 0.6) is 0 Å². The first-order valence-corrected chi connectivity index (χ1v) is 21.6. The number of aromatic nitrogens is 4. The molecule has 3 aromatic heterocycles. The number of rotatable bonds is 4. The second-order valence-electron chi connectivity index (χ2n) is 17.5. The summed E-state index contributed by atoms with van der Waals surface area (Å²) in [4.78, 5) is 16.0. The van der Waals surface area contributed by atoms with Crippen molar-refractivity contribution in [2.45, 2.75) is 19.3 Å². The summed E-state index contributed by atoms with van der Waals surface area (Å²) in [5.74, 6) is 1.82. The van der Waals surface area contributed by atoms with Gasteiger partial charge in [0.25, 0.3) is 0 Å². The lowest BCUT2D eigenvalue weighted by molar-refractivity contribution is 0.661. The van der Waals surface area contributed by atoms with Crippen LogP contribution in [0.25, 0.3) is 128 Å². The van der Waals surface area contributed by atoms with Crippen LogP contribution in [0, 0.1) is 0 Å². The lowest BCUT2D eigenvalue weighted by Gasteiger charge is -2.22. The van der Waals surface area contributed by atoms with Crippen molar-refractivity contribution in [3.63, 3.8) is 0 Å². The van der Waals surface area contributed by atoms with E-state index in [1.807, 2.05) is 24.3 Å². The van der Waals surface area contributed by atoms with Crippen LogP contribution in [-0.2, 0) is 5.41 Å². The smallest absolute Gasteiger partial charge is 0.164 e. The van der Waals surface area contributed by atoms with Gasteiger partial charge in [-0.15, -0.1) is 0 Å². The number of hydrogen-bond acceptors (Lipinski definition) is 4. The predicted octanol–water partition coefficient (Wildman–Crippen LogP) is 15.0. The molecule has 63 heavy (non-hydrogen) atoms. The monoisotopic (exact) mass is 804 g/mol. The van der Waals surface area contributed by atoms with Crippen LogP contribution in [0.3, 0.4) is 0 Å². The summed E-state index contributed by atoms with van der Waals surface area (Å²) in [6, 6.07) is 65.1. The van der Waals surface area contributed by atoms with E-state index in [2.05, 4.69) is 176 Å². The highest BCUT2D eigenvalue weighted by Crippen LogP contribution is 2.58. The molecule has 0 bridgehead atoms. The van der Waals surface area contributed by atoms with Gasteiger partial charge in [-0.05, 0) is 92.7 Å². The second-order valence-corrected chi connectivity index (χ2v) is 17.5. The summed E-state index contributed by atoms with van der Waals surface area (Å²) in [7, 11) is 0. The Hall–Kier alpha value is -8.15. The lowest BCUT2D eigenvalue weighted by atomic mass is 9.81.